The lowest BCUT2D eigenvalue weighted by molar-refractivity contribution is -0.116. The highest BCUT2D eigenvalue weighted by Gasteiger charge is 2.21. The Morgan fingerprint density at radius 3 is 2.75 bits per heavy atom. The molecule has 0 aliphatic heterocycles. The minimum Gasteiger partial charge on any atom is -0.339 e. The van der Waals surface area contributed by atoms with Crippen LogP contribution >= 0.6 is 0 Å². The summed E-state index contributed by atoms with van der Waals surface area (Å²) in [4.78, 5) is 20.1. The van der Waals surface area contributed by atoms with Crippen molar-refractivity contribution in [3.05, 3.63) is 36.1 Å². The number of aryl methyl sites for hydroxylation is 1. The predicted molar refractivity (Wildman–Crippen MR) is 74.2 cm³/mol. The van der Waals surface area contributed by atoms with Crippen LogP contribution in [-0.4, -0.2) is 21.0 Å². The molecule has 6 heteroatoms. The Labute approximate surface area is 117 Å². The zero-order chi connectivity index (χ0) is 14.6. The third-order valence-electron chi connectivity index (χ3n) is 2.64. The topological polar surface area (TPSA) is 80.9 Å². The molecule has 0 fully saturated rings. The van der Waals surface area contributed by atoms with Crippen molar-refractivity contribution in [2.75, 3.05) is 5.32 Å². The summed E-state index contributed by atoms with van der Waals surface area (Å²) in [6.07, 6.45) is 2.33. The summed E-state index contributed by atoms with van der Waals surface area (Å²) in [5, 5.41) is 6.63. The van der Waals surface area contributed by atoms with Crippen LogP contribution in [-0.2, 0) is 16.6 Å². The number of rotatable bonds is 4. The van der Waals surface area contributed by atoms with Gasteiger partial charge >= 0.3 is 0 Å². The summed E-state index contributed by atoms with van der Waals surface area (Å²) in [5.41, 5.74) is -0.155. The van der Waals surface area contributed by atoms with Crippen molar-refractivity contribution in [2.24, 2.45) is 0 Å². The number of hydrogen-bond donors (Lipinski definition) is 1. The lowest BCUT2D eigenvalue weighted by atomic mass is 9.96. The van der Waals surface area contributed by atoms with Gasteiger partial charge in [-0.15, -0.1) is 0 Å². The lowest BCUT2D eigenvalue weighted by Gasteiger charge is -2.10. The van der Waals surface area contributed by atoms with Gasteiger partial charge in [0.05, 0.1) is 0 Å². The van der Waals surface area contributed by atoms with Crippen molar-refractivity contribution < 1.29 is 9.32 Å². The molecule has 0 aromatic carbocycles. The smallest absolute Gasteiger partial charge is 0.227 e. The number of anilines is 1. The highest BCUT2D eigenvalue weighted by Crippen LogP contribution is 2.18. The second kappa shape index (κ2) is 5.81. The quantitative estimate of drug-likeness (QED) is 0.925. The van der Waals surface area contributed by atoms with Gasteiger partial charge in [-0.3, -0.25) is 4.79 Å². The van der Waals surface area contributed by atoms with Gasteiger partial charge in [0, 0.05) is 24.5 Å². The molecule has 0 spiro atoms. The van der Waals surface area contributed by atoms with Gasteiger partial charge in [-0.05, 0) is 12.1 Å². The van der Waals surface area contributed by atoms with Gasteiger partial charge in [-0.2, -0.15) is 4.98 Å². The number of hydrogen-bond acceptors (Lipinski definition) is 5. The number of aromatic nitrogens is 3. The van der Waals surface area contributed by atoms with E-state index in [4.69, 9.17) is 4.52 Å². The molecule has 2 rings (SSSR count). The van der Waals surface area contributed by atoms with Crippen LogP contribution < -0.4 is 5.32 Å². The Morgan fingerprint density at radius 2 is 2.15 bits per heavy atom. The van der Waals surface area contributed by atoms with Gasteiger partial charge in [0.15, 0.2) is 5.82 Å². The summed E-state index contributed by atoms with van der Waals surface area (Å²) in [5.74, 6) is 1.54. The van der Waals surface area contributed by atoms with E-state index in [-0.39, 0.29) is 17.7 Å². The molecule has 20 heavy (non-hydrogen) atoms. The molecule has 106 valence electrons. The lowest BCUT2D eigenvalue weighted by Crippen LogP contribution is -2.14. The first kappa shape index (κ1) is 14.2. The minimum atomic E-state index is -0.155. The minimum absolute atomic E-state index is 0.126. The average molecular weight is 274 g/mol. The number of carbonyl (C=O) groups is 1. The van der Waals surface area contributed by atoms with E-state index < -0.39 is 0 Å². The van der Waals surface area contributed by atoms with Gasteiger partial charge in [-0.25, -0.2) is 4.98 Å². The Kier molecular flexibility index (Phi) is 4.12. The van der Waals surface area contributed by atoms with Crippen LogP contribution in [0.2, 0.25) is 0 Å². The number of carbonyl (C=O) groups excluding carboxylic acids is 1. The van der Waals surface area contributed by atoms with Crippen LogP contribution in [0.15, 0.2) is 28.9 Å². The van der Waals surface area contributed by atoms with E-state index in [0.29, 0.717) is 24.0 Å². The van der Waals surface area contributed by atoms with Crippen LogP contribution in [0.1, 0.15) is 38.9 Å². The number of nitrogens with one attached hydrogen (secondary N) is 1. The van der Waals surface area contributed by atoms with Crippen molar-refractivity contribution in [2.45, 2.75) is 39.0 Å². The normalized spacial score (nSPS) is 11.3. The first-order valence-electron chi connectivity index (χ1n) is 6.49. The van der Waals surface area contributed by atoms with E-state index in [1.54, 1.807) is 18.3 Å². The summed E-state index contributed by atoms with van der Waals surface area (Å²) in [6, 6.07) is 5.35. The standard InChI is InChI=1S/C14H18N4O2/c1-14(2,3)13-17-12(20-18-13)8-7-11(19)16-10-6-4-5-9-15-10/h4-6,9H,7-8H2,1-3H3,(H,15,16,19). The zero-order valence-electron chi connectivity index (χ0n) is 11.9. The highest BCUT2D eigenvalue weighted by atomic mass is 16.5. The molecule has 1 N–H and O–H groups in total. The molecule has 0 radical (unpaired) electrons. The van der Waals surface area contributed by atoms with Gasteiger partial charge in [-0.1, -0.05) is 32.0 Å². The van der Waals surface area contributed by atoms with Gasteiger partial charge in [0.1, 0.15) is 5.82 Å². The van der Waals surface area contributed by atoms with E-state index in [1.807, 2.05) is 26.8 Å². The Balaban J connectivity index is 1.86. The summed E-state index contributed by atoms with van der Waals surface area (Å²) < 4.78 is 5.14. The van der Waals surface area contributed by atoms with Crippen molar-refractivity contribution in [1.82, 2.24) is 15.1 Å². The molecular weight excluding hydrogens is 256 g/mol. The Hall–Kier alpha value is -2.24. The van der Waals surface area contributed by atoms with Crippen molar-refractivity contribution >= 4 is 11.7 Å². The van der Waals surface area contributed by atoms with E-state index in [9.17, 15) is 4.79 Å². The molecule has 0 unspecified atom stereocenters. The number of pyridine rings is 1. The van der Waals surface area contributed by atoms with Crippen LogP contribution in [0.4, 0.5) is 5.82 Å². The van der Waals surface area contributed by atoms with E-state index in [1.165, 1.54) is 0 Å². The second-order valence-corrected chi connectivity index (χ2v) is 5.52. The molecule has 0 atom stereocenters. The van der Waals surface area contributed by atoms with Crippen molar-refractivity contribution in [3.63, 3.8) is 0 Å². The zero-order valence-corrected chi connectivity index (χ0v) is 11.9. The molecule has 6 nitrogen and oxygen atoms in total. The fourth-order valence-corrected chi connectivity index (χ4v) is 1.52. The molecule has 0 bridgehead atoms. The highest BCUT2D eigenvalue weighted by molar-refractivity contribution is 5.89. The summed E-state index contributed by atoms with van der Waals surface area (Å²) in [7, 11) is 0. The van der Waals surface area contributed by atoms with Crippen LogP contribution in [0.25, 0.3) is 0 Å². The van der Waals surface area contributed by atoms with Crippen molar-refractivity contribution in [1.29, 1.82) is 0 Å². The van der Waals surface area contributed by atoms with Gasteiger partial charge < -0.3 is 9.84 Å². The predicted octanol–water partition coefficient (Wildman–Crippen LogP) is 2.33. The van der Waals surface area contributed by atoms with Crippen LogP contribution in [0.5, 0.6) is 0 Å². The molecular formula is C14H18N4O2. The second-order valence-electron chi connectivity index (χ2n) is 5.52. The summed E-state index contributed by atoms with van der Waals surface area (Å²) >= 11 is 0. The Bertz CT molecular complexity index is 572. The maximum Gasteiger partial charge on any atom is 0.227 e. The molecule has 0 aliphatic carbocycles. The maximum absolute atomic E-state index is 11.7. The first-order valence-corrected chi connectivity index (χ1v) is 6.49. The SMILES string of the molecule is CC(C)(C)c1noc(CCC(=O)Nc2ccccn2)n1. The fourth-order valence-electron chi connectivity index (χ4n) is 1.52. The number of nitrogens with zero attached hydrogens (tertiary/aromatic N) is 3. The monoisotopic (exact) mass is 274 g/mol. The van der Waals surface area contributed by atoms with E-state index >= 15 is 0 Å². The largest absolute Gasteiger partial charge is 0.339 e. The first-order chi connectivity index (χ1) is 9.45. The molecule has 2 aromatic heterocycles. The molecule has 0 saturated heterocycles. The molecule has 0 aliphatic rings. The average Bonchev–Trinajstić information content (AvgIpc) is 2.86. The Morgan fingerprint density at radius 1 is 1.35 bits per heavy atom. The summed E-state index contributed by atoms with van der Waals surface area (Å²) in [6.45, 7) is 6.03. The fraction of sp³-hybridized carbons (Fsp3) is 0.429. The van der Waals surface area contributed by atoms with E-state index in [0.717, 1.165) is 0 Å². The van der Waals surface area contributed by atoms with Crippen LogP contribution in [0.3, 0.4) is 0 Å². The molecule has 2 heterocycles. The van der Waals surface area contributed by atoms with Gasteiger partial charge in [0.2, 0.25) is 11.8 Å². The molecule has 2 aromatic rings. The third-order valence-corrected chi connectivity index (χ3v) is 2.64. The van der Waals surface area contributed by atoms with Crippen LogP contribution in [0, 0.1) is 0 Å². The van der Waals surface area contributed by atoms with E-state index in [2.05, 4.69) is 20.4 Å². The van der Waals surface area contributed by atoms with Crippen molar-refractivity contribution in [3.8, 4) is 0 Å². The molecule has 1 amide bonds. The molecule has 0 saturated carbocycles. The number of amides is 1. The van der Waals surface area contributed by atoms with Gasteiger partial charge in [0.25, 0.3) is 0 Å². The maximum atomic E-state index is 11.7. The third kappa shape index (κ3) is 3.88.